The molecule has 3 N–H and O–H groups in total. The lowest BCUT2D eigenvalue weighted by molar-refractivity contribution is 0.577. The minimum atomic E-state index is -3.45. The van der Waals surface area contributed by atoms with Crippen LogP contribution in [0.4, 0.5) is 5.69 Å². The number of nitrogens with one attached hydrogen (secondary N) is 1. The molecule has 0 aromatic heterocycles. The number of nitrogen functional groups attached to an aromatic ring is 1. The van der Waals surface area contributed by atoms with Gasteiger partial charge in [0.1, 0.15) is 0 Å². The summed E-state index contributed by atoms with van der Waals surface area (Å²) in [6.45, 7) is 0.517. The Hall–Kier alpha value is -0.590. The maximum Gasteiger partial charge on any atom is 0.241 e. The number of anilines is 1. The summed E-state index contributed by atoms with van der Waals surface area (Å²) in [4.78, 5) is 0.202. The molecule has 0 aliphatic heterocycles. The Labute approximate surface area is 103 Å². The van der Waals surface area contributed by atoms with Crippen molar-refractivity contribution in [3.05, 3.63) is 22.7 Å². The fraction of sp³-hybridized carbons (Fsp3) is 0.400. The molecule has 0 spiro atoms. The van der Waals surface area contributed by atoms with Crippen LogP contribution in [0.5, 0.6) is 0 Å². The van der Waals surface area contributed by atoms with Crippen LogP contribution < -0.4 is 10.5 Å². The third kappa shape index (κ3) is 2.75. The van der Waals surface area contributed by atoms with E-state index >= 15 is 0 Å². The van der Waals surface area contributed by atoms with Crippen LogP contribution in [-0.2, 0) is 10.0 Å². The average molecular weight is 305 g/mol. The van der Waals surface area contributed by atoms with E-state index in [1.54, 1.807) is 12.1 Å². The number of nitrogens with two attached hydrogens (primary N) is 1. The van der Waals surface area contributed by atoms with E-state index in [2.05, 4.69) is 20.7 Å². The molecule has 0 bridgehead atoms. The average Bonchev–Trinajstić information content (AvgIpc) is 3.02. The molecule has 88 valence electrons. The van der Waals surface area contributed by atoms with Crippen LogP contribution in [0.15, 0.2) is 27.6 Å². The Morgan fingerprint density at radius 2 is 2.12 bits per heavy atom. The largest absolute Gasteiger partial charge is 0.399 e. The van der Waals surface area contributed by atoms with E-state index in [9.17, 15) is 8.42 Å². The number of hydrogen-bond acceptors (Lipinski definition) is 3. The standard InChI is InChI=1S/C10H13BrN2O2S/c11-9-4-3-8(12)5-10(9)16(14,15)13-6-7-1-2-7/h3-5,7,13H,1-2,6,12H2. The van der Waals surface area contributed by atoms with Gasteiger partial charge in [0, 0.05) is 16.7 Å². The molecule has 2 rings (SSSR count). The number of hydrogen-bond donors (Lipinski definition) is 2. The molecule has 1 aliphatic carbocycles. The van der Waals surface area contributed by atoms with Gasteiger partial charge in [-0.15, -0.1) is 0 Å². The van der Waals surface area contributed by atoms with E-state index in [-0.39, 0.29) is 4.90 Å². The third-order valence-electron chi connectivity index (χ3n) is 2.50. The maximum atomic E-state index is 11.9. The van der Waals surface area contributed by atoms with Crippen molar-refractivity contribution in [1.82, 2.24) is 4.72 Å². The number of benzene rings is 1. The van der Waals surface area contributed by atoms with Gasteiger partial charge in [-0.3, -0.25) is 0 Å². The topological polar surface area (TPSA) is 72.2 Å². The first-order valence-electron chi connectivity index (χ1n) is 5.04. The summed E-state index contributed by atoms with van der Waals surface area (Å²) in [5.41, 5.74) is 6.02. The molecule has 1 aliphatic rings. The van der Waals surface area contributed by atoms with Gasteiger partial charge in [-0.1, -0.05) is 0 Å². The lowest BCUT2D eigenvalue weighted by atomic mass is 10.3. The van der Waals surface area contributed by atoms with Crippen LogP contribution in [0.2, 0.25) is 0 Å². The summed E-state index contributed by atoms with van der Waals surface area (Å²) in [7, 11) is -3.45. The summed E-state index contributed by atoms with van der Waals surface area (Å²) in [5, 5.41) is 0. The van der Waals surface area contributed by atoms with E-state index < -0.39 is 10.0 Å². The van der Waals surface area contributed by atoms with Gasteiger partial charge in [0.15, 0.2) is 0 Å². The van der Waals surface area contributed by atoms with Crippen molar-refractivity contribution >= 4 is 31.6 Å². The van der Waals surface area contributed by atoms with Crippen LogP contribution in [0.1, 0.15) is 12.8 Å². The van der Waals surface area contributed by atoms with Crippen LogP contribution >= 0.6 is 15.9 Å². The van der Waals surface area contributed by atoms with Gasteiger partial charge >= 0.3 is 0 Å². The Kier molecular flexibility index (Phi) is 3.23. The van der Waals surface area contributed by atoms with E-state index in [4.69, 9.17) is 5.73 Å². The van der Waals surface area contributed by atoms with Gasteiger partial charge in [-0.2, -0.15) is 0 Å². The quantitative estimate of drug-likeness (QED) is 0.832. The maximum absolute atomic E-state index is 11.9. The molecule has 16 heavy (non-hydrogen) atoms. The normalized spacial score (nSPS) is 16.3. The minimum absolute atomic E-state index is 0.202. The Bertz CT molecular complexity index is 498. The summed E-state index contributed by atoms with van der Waals surface area (Å²) in [6, 6.07) is 4.75. The first-order chi connectivity index (χ1) is 7.49. The zero-order chi connectivity index (χ0) is 11.8. The lowest BCUT2D eigenvalue weighted by Gasteiger charge is -2.08. The van der Waals surface area contributed by atoms with Gasteiger partial charge in [0.25, 0.3) is 0 Å². The van der Waals surface area contributed by atoms with Crippen molar-refractivity contribution in [2.75, 3.05) is 12.3 Å². The smallest absolute Gasteiger partial charge is 0.241 e. The van der Waals surface area contributed by atoms with Crippen molar-refractivity contribution in [2.45, 2.75) is 17.7 Å². The molecule has 1 aromatic rings. The lowest BCUT2D eigenvalue weighted by Crippen LogP contribution is -2.26. The highest BCUT2D eigenvalue weighted by atomic mass is 79.9. The summed E-state index contributed by atoms with van der Waals surface area (Å²) in [5.74, 6) is 0.509. The van der Waals surface area contributed by atoms with Crippen LogP contribution in [-0.4, -0.2) is 15.0 Å². The molecule has 0 amide bonds. The summed E-state index contributed by atoms with van der Waals surface area (Å²) in [6.07, 6.45) is 2.22. The van der Waals surface area contributed by atoms with Gasteiger partial charge in [0.2, 0.25) is 10.0 Å². The zero-order valence-electron chi connectivity index (χ0n) is 8.61. The molecule has 0 saturated heterocycles. The molecule has 0 atom stereocenters. The van der Waals surface area contributed by atoms with Gasteiger partial charge in [0.05, 0.1) is 4.90 Å². The van der Waals surface area contributed by atoms with Crippen molar-refractivity contribution in [1.29, 1.82) is 0 Å². The van der Waals surface area contributed by atoms with Gasteiger partial charge < -0.3 is 5.73 Å². The molecule has 1 aromatic carbocycles. The van der Waals surface area contributed by atoms with E-state index in [1.165, 1.54) is 6.07 Å². The first-order valence-corrected chi connectivity index (χ1v) is 7.31. The van der Waals surface area contributed by atoms with Gasteiger partial charge in [-0.25, -0.2) is 13.1 Å². The van der Waals surface area contributed by atoms with Crippen LogP contribution in [0.3, 0.4) is 0 Å². The molecule has 0 unspecified atom stereocenters. The molecule has 1 fully saturated rings. The molecule has 1 saturated carbocycles. The SMILES string of the molecule is Nc1ccc(Br)c(S(=O)(=O)NCC2CC2)c1. The molecular weight excluding hydrogens is 292 g/mol. The van der Waals surface area contributed by atoms with Crippen molar-refractivity contribution < 1.29 is 8.42 Å². The fourth-order valence-corrected chi connectivity index (χ4v) is 3.47. The predicted octanol–water partition coefficient (Wildman–Crippen LogP) is 1.72. The van der Waals surface area contributed by atoms with Crippen LogP contribution in [0.25, 0.3) is 0 Å². The first kappa shape index (κ1) is 11.9. The number of sulfonamides is 1. The van der Waals surface area contributed by atoms with E-state index in [0.717, 1.165) is 12.8 Å². The molecule has 4 nitrogen and oxygen atoms in total. The second-order valence-corrected chi connectivity index (χ2v) is 6.57. The second kappa shape index (κ2) is 4.35. The Morgan fingerprint density at radius 3 is 2.75 bits per heavy atom. The zero-order valence-corrected chi connectivity index (χ0v) is 11.0. The predicted molar refractivity (Wildman–Crippen MR) is 66.5 cm³/mol. The van der Waals surface area contributed by atoms with E-state index in [1.807, 2.05) is 0 Å². The molecule has 0 heterocycles. The highest BCUT2D eigenvalue weighted by Crippen LogP contribution is 2.29. The van der Waals surface area contributed by atoms with Crippen molar-refractivity contribution in [2.24, 2.45) is 5.92 Å². The Morgan fingerprint density at radius 1 is 1.44 bits per heavy atom. The monoisotopic (exact) mass is 304 g/mol. The molecular formula is C10H13BrN2O2S. The van der Waals surface area contributed by atoms with Crippen molar-refractivity contribution in [3.8, 4) is 0 Å². The Balaban J connectivity index is 2.22. The highest BCUT2D eigenvalue weighted by molar-refractivity contribution is 9.10. The summed E-state index contributed by atoms with van der Waals surface area (Å²) >= 11 is 3.21. The third-order valence-corrected chi connectivity index (χ3v) is 4.92. The van der Waals surface area contributed by atoms with Crippen LogP contribution in [0, 0.1) is 5.92 Å². The van der Waals surface area contributed by atoms with Gasteiger partial charge in [-0.05, 0) is 52.9 Å². The molecule has 0 radical (unpaired) electrons. The highest BCUT2D eigenvalue weighted by Gasteiger charge is 2.25. The fourth-order valence-electron chi connectivity index (χ4n) is 1.35. The van der Waals surface area contributed by atoms with Crippen molar-refractivity contribution in [3.63, 3.8) is 0 Å². The minimum Gasteiger partial charge on any atom is -0.399 e. The molecule has 6 heteroatoms. The second-order valence-electron chi connectivity index (χ2n) is 3.99. The number of rotatable bonds is 4. The number of halogens is 1. The summed E-state index contributed by atoms with van der Waals surface area (Å²) < 4.78 is 27.0. The van der Waals surface area contributed by atoms with E-state index in [0.29, 0.717) is 22.6 Å².